The molecule has 1 N–H and O–H groups in total. The lowest BCUT2D eigenvalue weighted by atomic mass is 9.77. The lowest BCUT2D eigenvalue weighted by Gasteiger charge is -2.31. The Hall–Kier alpha value is -0.300. The summed E-state index contributed by atoms with van der Waals surface area (Å²) in [7, 11) is 0. The second kappa shape index (κ2) is 6.23. The molecule has 1 saturated carbocycles. The number of hydrogen-bond donors (Lipinski definition) is 1. The predicted molar refractivity (Wildman–Crippen MR) is 61.2 cm³/mol. The molecule has 0 aromatic rings. The molecule has 0 amide bonds. The van der Waals surface area contributed by atoms with Crippen LogP contribution < -0.4 is 0 Å². The Morgan fingerprint density at radius 3 is 2.93 bits per heavy atom. The summed E-state index contributed by atoms with van der Waals surface area (Å²) < 4.78 is 0. The first-order valence-electron chi connectivity index (χ1n) is 6.06. The molecule has 0 aromatic heterocycles. The van der Waals surface area contributed by atoms with E-state index in [0.717, 1.165) is 18.8 Å². The van der Waals surface area contributed by atoms with Crippen molar-refractivity contribution in [3.05, 3.63) is 12.7 Å². The molecular formula is C13H24O. The fourth-order valence-corrected chi connectivity index (χ4v) is 2.58. The van der Waals surface area contributed by atoms with Crippen molar-refractivity contribution >= 4 is 0 Å². The Bertz CT molecular complexity index is 165. The van der Waals surface area contributed by atoms with Crippen molar-refractivity contribution in [1.82, 2.24) is 0 Å². The van der Waals surface area contributed by atoms with E-state index >= 15 is 0 Å². The van der Waals surface area contributed by atoms with Gasteiger partial charge in [-0.1, -0.05) is 32.3 Å². The van der Waals surface area contributed by atoms with Gasteiger partial charge in [0.15, 0.2) is 0 Å². The van der Waals surface area contributed by atoms with Gasteiger partial charge in [0.2, 0.25) is 0 Å². The molecule has 3 unspecified atom stereocenters. The number of hydrogen-bond acceptors (Lipinski definition) is 1. The Balaban J connectivity index is 2.31. The van der Waals surface area contributed by atoms with E-state index in [1.165, 1.54) is 32.1 Å². The van der Waals surface area contributed by atoms with Crippen LogP contribution >= 0.6 is 0 Å². The Morgan fingerprint density at radius 1 is 1.50 bits per heavy atom. The van der Waals surface area contributed by atoms with Crippen LogP contribution in [0, 0.1) is 11.8 Å². The second-order valence-corrected chi connectivity index (χ2v) is 4.63. The molecule has 0 heterocycles. The van der Waals surface area contributed by atoms with Crippen LogP contribution in [-0.4, -0.2) is 11.2 Å². The van der Waals surface area contributed by atoms with Gasteiger partial charge in [-0.3, -0.25) is 0 Å². The van der Waals surface area contributed by atoms with Crippen LogP contribution in [0.3, 0.4) is 0 Å². The largest absolute Gasteiger partial charge is 0.393 e. The van der Waals surface area contributed by atoms with Crippen LogP contribution in [0.25, 0.3) is 0 Å². The summed E-state index contributed by atoms with van der Waals surface area (Å²) in [4.78, 5) is 0. The predicted octanol–water partition coefficient (Wildman–Crippen LogP) is 3.53. The van der Waals surface area contributed by atoms with E-state index in [1.54, 1.807) is 0 Å². The summed E-state index contributed by atoms with van der Waals surface area (Å²) in [6.45, 7) is 5.96. The zero-order chi connectivity index (χ0) is 10.4. The van der Waals surface area contributed by atoms with E-state index < -0.39 is 0 Å². The van der Waals surface area contributed by atoms with Gasteiger partial charge in [0.25, 0.3) is 0 Å². The molecule has 0 bridgehead atoms. The molecule has 1 aliphatic rings. The second-order valence-electron chi connectivity index (χ2n) is 4.63. The van der Waals surface area contributed by atoms with E-state index in [0.29, 0.717) is 5.92 Å². The van der Waals surface area contributed by atoms with E-state index in [1.807, 2.05) is 6.08 Å². The van der Waals surface area contributed by atoms with Crippen molar-refractivity contribution in [3.63, 3.8) is 0 Å². The van der Waals surface area contributed by atoms with Crippen LogP contribution in [0.1, 0.15) is 51.9 Å². The van der Waals surface area contributed by atoms with Gasteiger partial charge in [0, 0.05) is 0 Å². The normalized spacial score (nSPS) is 29.9. The summed E-state index contributed by atoms with van der Waals surface area (Å²) in [5.74, 6) is 1.43. The molecule has 1 fully saturated rings. The molecule has 1 aliphatic carbocycles. The van der Waals surface area contributed by atoms with Crippen LogP contribution in [0.4, 0.5) is 0 Å². The summed E-state index contributed by atoms with van der Waals surface area (Å²) >= 11 is 0. The smallest absolute Gasteiger partial charge is 0.0571 e. The van der Waals surface area contributed by atoms with Gasteiger partial charge in [0.05, 0.1) is 6.10 Å². The number of aliphatic hydroxyl groups excluding tert-OH is 1. The molecule has 0 spiro atoms. The van der Waals surface area contributed by atoms with E-state index in [4.69, 9.17) is 0 Å². The molecule has 1 nitrogen and oxygen atoms in total. The van der Waals surface area contributed by atoms with Crippen molar-refractivity contribution in [1.29, 1.82) is 0 Å². The van der Waals surface area contributed by atoms with Gasteiger partial charge < -0.3 is 5.11 Å². The average Bonchev–Trinajstić information content (AvgIpc) is 2.26. The zero-order valence-electron chi connectivity index (χ0n) is 9.41. The molecule has 0 saturated heterocycles. The summed E-state index contributed by atoms with van der Waals surface area (Å²) in [5, 5.41) is 9.97. The zero-order valence-corrected chi connectivity index (χ0v) is 9.41. The fourth-order valence-electron chi connectivity index (χ4n) is 2.58. The maximum absolute atomic E-state index is 9.97. The highest BCUT2D eigenvalue weighted by molar-refractivity contribution is 4.79. The number of allylic oxidation sites excluding steroid dienone is 1. The third kappa shape index (κ3) is 3.45. The lowest BCUT2D eigenvalue weighted by molar-refractivity contribution is 0.0623. The number of aliphatic hydroxyl groups is 1. The number of rotatable bonds is 5. The highest BCUT2D eigenvalue weighted by atomic mass is 16.3. The summed E-state index contributed by atoms with van der Waals surface area (Å²) in [6, 6.07) is 0. The first kappa shape index (κ1) is 11.8. The molecule has 0 aromatic carbocycles. The third-order valence-corrected chi connectivity index (χ3v) is 3.61. The van der Waals surface area contributed by atoms with Crippen molar-refractivity contribution in [2.75, 3.05) is 0 Å². The monoisotopic (exact) mass is 196 g/mol. The standard InChI is InChI=1S/C13H24O/c1-3-5-9-13(14)12-8-6-7-11(4-2)10-12/h3,11-14H,1,4-10H2,2H3. The molecular weight excluding hydrogens is 172 g/mol. The molecule has 14 heavy (non-hydrogen) atoms. The maximum atomic E-state index is 9.97. The Morgan fingerprint density at radius 2 is 2.29 bits per heavy atom. The molecule has 82 valence electrons. The van der Waals surface area contributed by atoms with Gasteiger partial charge in [-0.2, -0.15) is 0 Å². The van der Waals surface area contributed by atoms with Gasteiger partial charge in [0.1, 0.15) is 0 Å². The van der Waals surface area contributed by atoms with Crippen LogP contribution in [0.2, 0.25) is 0 Å². The van der Waals surface area contributed by atoms with Gasteiger partial charge >= 0.3 is 0 Å². The first-order chi connectivity index (χ1) is 6.77. The van der Waals surface area contributed by atoms with Crippen molar-refractivity contribution in [2.24, 2.45) is 11.8 Å². The van der Waals surface area contributed by atoms with Gasteiger partial charge in [-0.05, 0) is 37.5 Å². The van der Waals surface area contributed by atoms with Crippen LogP contribution in [0.15, 0.2) is 12.7 Å². The molecule has 0 aliphatic heterocycles. The van der Waals surface area contributed by atoms with Crippen LogP contribution in [0.5, 0.6) is 0 Å². The first-order valence-corrected chi connectivity index (χ1v) is 6.06. The van der Waals surface area contributed by atoms with E-state index in [-0.39, 0.29) is 6.10 Å². The van der Waals surface area contributed by atoms with E-state index in [9.17, 15) is 5.11 Å². The minimum absolute atomic E-state index is 0.0812. The van der Waals surface area contributed by atoms with Crippen molar-refractivity contribution < 1.29 is 5.11 Å². The average molecular weight is 196 g/mol. The minimum atomic E-state index is -0.0812. The van der Waals surface area contributed by atoms with Gasteiger partial charge in [-0.15, -0.1) is 6.58 Å². The summed E-state index contributed by atoms with van der Waals surface area (Å²) in [6.07, 6.45) is 10.1. The van der Waals surface area contributed by atoms with Crippen molar-refractivity contribution in [2.45, 2.75) is 58.0 Å². The topological polar surface area (TPSA) is 20.2 Å². The van der Waals surface area contributed by atoms with Crippen LogP contribution in [-0.2, 0) is 0 Å². The SMILES string of the molecule is C=CCCC(O)C1CCCC(CC)C1. The maximum Gasteiger partial charge on any atom is 0.0571 e. The van der Waals surface area contributed by atoms with E-state index in [2.05, 4.69) is 13.5 Å². The minimum Gasteiger partial charge on any atom is -0.393 e. The molecule has 0 radical (unpaired) electrons. The molecule has 1 heteroatoms. The Labute approximate surface area is 88.2 Å². The highest BCUT2D eigenvalue weighted by Gasteiger charge is 2.25. The lowest BCUT2D eigenvalue weighted by Crippen LogP contribution is -2.26. The molecule has 3 atom stereocenters. The molecule has 1 rings (SSSR count). The summed E-state index contributed by atoms with van der Waals surface area (Å²) in [5.41, 5.74) is 0. The van der Waals surface area contributed by atoms with Gasteiger partial charge in [-0.25, -0.2) is 0 Å². The third-order valence-electron chi connectivity index (χ3n) is 3.61. The van der Waals surface area contributed by atoms with Crippen molar-refractivity contribution in [3.8, 4) is 0 Å². The highest BCUT2D eigenvalue weighted by Crippen LogP contribution is 2.33. The Kier molecular flexibility index (Phi) is 5.24. The fraction of sp³-hybridized carbons (Fsp3) is 0.846. The quantitative estimate of drug-likeness (QED) is 0.667.